The van der Waals surface area contributed by atoms with Crippen LogP contribution in [0.15, 0.2) is 42.5 Å². The molecule has 0 fully saturated rings. The third kappa shape index (κ3) is 7.61. The number of hydrogen-bond acceptors (Lipinski definition) is 4. The van der Waals surface area contributed by atoms with Crippen LogP contribution in [0.4, 0.5) is 5.69 Å². The minimum Gasteiger partial charge on any atom is -0.354 e. The van der Waals surface area contributed by atoms with Crippen LogP contribution in [0.2, 0.25) is 10.0 Å². The zero-order valence-electron chi connectivity index (χ0n) is 19.8. The largest absolute Gasteiger partial charge is 0.354 e. The molecular formula is C24H31Cl2N3O4S. The van der Waals surface area contributed by atoms with Crippen LogP contribution in [-0.2, 0) is 26.2 Å². The molecule has 7 nitrogen and oxygen atoms in total. The number of halogens is 2. The normalized spacial score (nSPS) is 12.2. The van der Waals surface area contributed by atoms with Gasteiger partial charge in [-0.25, -0.2) is 8.42 Å². The Kier molecular flexibility index (Phi) is 10.2. The zero-order valence-corrected chi connectivity index (χ0v) is 22.2. The van der Waals surface area contributed by atoms with Crippen molar-refractivity contribution in [2.45, 2.75) is 46.2 Å². The van der Waals surface area contributed by atoms with Gasteiger partial charge < -0.3 is 10.2 Å². The lowest BCUT2D eigenvalue weighted by atomic mass is 10.1. The molecule has 34 heavy (non-hydrogen) atoms. The average molecular weight is 529 g/mol. The Bertz CT molecular complexity index is 1110. The van der Waals surface area contributed by atoms with Gasteiger partial charge in [-0.15, -0.1) is 0 Å². The van der Waals surface area contributed by atoms with Crippen LogP contribution < -0.4 is 9.62 Å². The van der Waals surface area contributed by atoms with Crippen molar-refractivity contribution in [3.8, 4) is 0 Å². The van der Waals surface area contributed by atoms with E-state index in [2.05, 4.69) is 5.32 Å². The molecule has 2 amide bonds. The smallest absolute Gasteiger partial charge is 0.244 e. The quantitative estimate of drug-likeness (QED) is 0.469. The first-order valence-electron chi connectivity index (χ1n) is 11.0. The summed E-state index contributed by atoms with van der Waals surface area (Å²) in [6.45, 7) is 5.84. The Balaban J connectivity index is 2.44. The number of sulfonamides is 1. The van der Waals surface area contributed by atoms with Gasteiger partial charge in [-0.1, -0.05) is 66.9 Å². The molecule has 0 aliphatic rings. The van der Waals surface area contributed by atoms with E-state index in [1.165, 1.54) is 23.1 Å². The third-order valence-corrected chi connectivity index (χ3v) is 6.93. The van der Waals surface area contributed by atoms with Gasteiger partial charge in [0, 0.05) is 18.1 Å². The number of rotatable bonds is 11. The summed E-state index contributed by atoms with van der Waals surface area (Å²) >= 11 is 12.2. The molecule has 0 radical (unpaired) electrons. The van der Waals surface area contributed by atoms with Crippen LogP contribution in [0.5, 0.6) is 0 Å². The highest BCUT2D eigenvalue weighted by Gasteiger charge is 2.32. The number of carbonyl (C=O) groups excluding carboxylic acids is 2. The molecule has 0 heterocycles. The highest BCUT2D eigenvalue weighted by atomic mass is 35.5. The van der Waals surface area contributed by atoms with Gasteiger partial charge in [-0.05, 0) is 43.5 Å². The van der Waals surface area contributed by atoms with Gasteiger partial charge in [0.25, 0.3) is 0 Å². The first kappa shape index (κ1) is 28.0. The second-order valence-corrected chi connectivity index (χ2v) is 10.8. The Morgan fingerprint density at radius 1 is 1.06 bits per heavy atom. The molecule has 0 aliphatic carbocycles. The monoisotopic (exact) mass is 527 g/mol. The molecule has 2 aromatic rings. The number of carbonyl (C=O) groups is 2. The topological polar surface area (TPSA) is 86.8 Å². The molecular weight excluding hydrogens is 497 g/mol. The number of nitrogens with one attached hydrogen (secondary N) is 1. The second-order valence-electron chi connectivity index (χ2n) is 8.09. The van der Waals surface area contributed by atoms with Gasteiger partial charge in [0.1, 0.15) is 12.6 Å². The lowest BCUT2D eigenvalue weighted by Gasteiger charge is -2.33. The minimum absolute atomic E-state index is 0.100. The number of nitrogens with zero attached hydrogens (tertiary/aromatic N) is 2. The molecule has 0 saturated heterocycles. The van der Waals surface area contributed by atoms with Crippen molar-refractivity contribution < 1.29 is 18.0 Å². The van der Waals surface area contributed by atoms with Crippen molar-refractivity contribution in [3.63, 3.8) is 0 Å². The third-order valence-electron chi connectivity index (χ3n) is 5.27. The molecule has 1 unspecified atom stereocenters. The predicted octanol–water partition coefficient (Wildman–Crippen LogP) is 4.40. The molecule has 0 aliphatic heterocycles. The summed E-state index contributed by atoms with van der Waals surface area (Å²) in [4.78, 5) is 27.9. The summed E-state index contributed by atoms with van der Waals surface area (Å²) < 4.78 is 26.2. The molecule has 1 N–H and O–H groups in total. The molecule has 0 bridgehead atoms. The van der Waals surface area contributed by atoms with Crippen LogP contribution in [0, 0.1) is 6.92 Å². The van der Waals surface area contributed by atoms with Gasteiger partial charge >= 0.3 is 0 Å². The van der Waals surface area contributed by atoms with E-state index in [0.717, 1.165) is 28.1 Å². The Labute approximate surface area is 212 Å². The highest BCUT2D eigenvalue weighted by Crippen LogP contribution is 2.30. The molecule has 1 atom stereocenters. The van der Waals surface area contributed by atoms with Gasteiger partial charge in [0.05, 0.1) is 17.0 Å². The van der Waals surface area contributed by atoms with Crippen LogP contribution in [0.1, 0.15) is 37.8 Å². The van der Waals surface area contributed by atoms with Gasteiger partial charge in [-0.2, -0.15) is 0 Å². The fourth-order valence-electron chi connectivity index (χ4n) is 3.45. The lowest BCUT2D eigenvalue weighted by molar-refractivity contribution is -0.140. The van der Waals surface area contributed by atoms with E-state index in [9.17, 15) is 18.0 Å². The van der Waals surface area contributed by atoms with E-state index < -0.39 is 28.5 Å². The summed E-state index contributed by atoms with van der Waals surface area (Å²) in [6.07, 6.45) is 2.12. The number of hydrogen-bond donors (Lipinski definition) is 1. The first-order chi connectivity index (χ1) is 16.0. The molecule has 186 valence electrons. The maximum absolute atomic E-state index is 13.6. The van der Waals surface area contributed by atoms with Crippen molar-refractivity contribution in [3.05, 3.63) is 63.6 Å². The SMILES string of the molecule is CCCNC(=O)C(CC)N(Cc1ccc(C)cc1)C(=O)CN(c1ccc(Cl)cc1Cl)S(C)(=O)=O. The Hall–Kier alpha value is -2.29. The maximum Gasteiger partial charge on any atom is 0.244 e. The van der Waals surface area contributed by atoms with Crippen molar-refractivity contribution in [1.82, 2.24) is 10.2 Å². The van der Waals surface area contributed by atoms with Crippen molar-refractivity contribution in [2.24, 2.45) is 0 Å². The Morgan fingerprint density at radius 3 is 2.24 bits per heavy atom. The molecule has 0 aromatic heterocycles. The van der Waals surface area contributed by atoms with E-state index >= 15 is 0 Å². The summed E-state index contributed by atoms with van der Waals surface area (Å²) in [5, 5.41) is 3.29. The van der Waals surface area contributed by atoms with E-state index in [-0.39, 0.29) is 23.2 Å². The van der Waals surface area contributed by atoms with Gasteiger partial charge in [-0.3, -0.25) is 13.9 Å². The average Bonchev–Trinajstić information content (AvgIpc) is 2.76. The zero-order chi connectivity index (χ0) is 25.5. The van der Waals surface area contributed by atoms with Crippen molar-refractivity contribution >= 4 is 50.7 Å². The Morgan fingerprint density at radius 2 is 1.71 bits per heavy atom. The van der Waals surface area contributed by atoms with Crippen LogP contribution >= 0.6 is 23.2 Å². The number of aryl methyl sites for hydroxylation is 1. The first-order valence-corrected chi connectivity index (χ1v) is 13.6. The van der Waals surface area contributed by atoms with Gasteiger partial charge in [0.2, 0.25) is 21.8 Å². The standard InChI is InChI=1S/C24H31Cl2N3O4S/c1-5-13-27-24(31)21(6-2)28(15-18-9-7-17(3)8-10-18)23(30)16-29(34(4,32)33)22-12-11-19(25)14-20(22)26/h7-12,14,21H,5-6,13,15-16H2,1-4H3,(H,27,31). The van der Waals surface area contributed by atoms with Crippen LogP contribution in [0.3, 0.4) is 0 Å². The highest BCUT2D eigenvalue weighted by molar-refractivity contribution is 7.92. The van der Waals surface area contributed by atoms with Crippen LogP contribution in [-0.4, -0.2) is 50.5 Å². The van der Waals surface area contributed by atoms with Crippen molar-refractivity contribution in [1.29, 1.82) is 0 Å². The molecule has 2 rings (SSSR count). The molecule has 0 saturated carbocycles. The number of amides is 2. The van der Waals surface area contributed by atoms with Crippen molar-refractivity contribution in [2.75, 3.05) is 23.7 Å². The fraction of sp³-hybridized carbons (Fsp3) is 0.417. The summed E-state index contributed by atoms with van der Waals surface area (Å²) in [5.41, 5.74) is 2.03. The van der Waals surface area contributed by atoms with Crippen LogP contribution in [0.25, 0.3) is 0 Å². The summed E-state index contributed by atoms with van der Waals surface area (Å²) in [5.74, 6) is -0.796. The minimum atomic E-state index is -3.87. The van der Waals surface area contributed by atoms with E-state index in [1.807, 2.05) is 45.0 Å². The number of benzene rings is 2. The molecule has 2 aromatic carbocycles. The number of anilines is 1. The molecule has 10 heteroatoms. The lowest BCUT2D eigenvalue weighted by Crippen LogP contribution is -2.52. The summed E-state index contributed by atoms with van der Waals surface area (Å²) in [6, 6.07) is 11.2. The van der Waals surface area contributed by atoms with E-state index in [1.54, 1.807) is 0 Å². The summed E-state index contributed by atoms with van der Waals surface area (Å²) in [7, 11) is -3.87. The second kappa shape index (κ2) is 12.4. The fourth-order valence-corrected chi connectivity index (χ4v) is 4.88. The predicted molar refractivity (Wildman–Crippen MR) is 138 cm³/mol. The van der Waals surface area contributed by atoms with E-state index in [0.29, 0.717) is 18.0 Å². The maximum atomic E-state index is 13.6. The van der Waals surface area contributed by atoms with Gasteiger partial charge in [0.15, 0.2) is 0 Å². The van der Waals surface area contributed by atoms with E-state index in [4.69, 9.17) is 23.2 Å². The molecule has 0 spiro atoms.